The van der Waals surface area contributed by atoms with Crippen LogP contribution in [0.5, 0.6) is 0 Å². The zero-order valence-corrected chi connectivity index (χ0v) is 7.42. The highest BCUT2D eigenvalue weighted by Crippen LogP contribution is 1.93. The first kappa shape index (κ1) is 10.7. The molecule has 2 heteroatoms. The lowest BCUT2D eigenvalue weighted by Gasteiger charge is -2.19. The SMILES string of the molecule is C=CCCN(CCC)CCO. The van der Waals surface area contributed by atoms with E-state index in [1.807, 2.05) is 6.08 Å². The molecule has 0 radical (unpaired) electrons. The van der Waals surface area contributed by atoms with E-state index in [4.69, 9.17) is 5.11 Å². The smallest absolute Gasteiger partial charge is 0.0558 e. The van der Waals surface area contributed by atoms with Crippen molar-refractivity contribution < 1.29 is 5.11 Å². The molecule has 0 unspecified atom stereocenters. The van der Waals surface area contributed by atoms with Crippen LogP contribution in [0.4, 0.5) is 0 Å². The minimum Gasteiger partial charge on any atom is -0.395 e. The Morgan fingerprint density at radius 2 is 2.09 bits per heavy atom. The lowest BCUT2D eigenvalue weighted by molar-refractivity contribution is 0.198. The van der Waals surface area contributed by atoms with Crippen molar-refractivity contribution in [1.82, 2.24) is 4.90 Å². The highest BCUT2D eigenvalue weighted by Gasteiger charge is 1.99. The van der Waals surface area contributed by atoms with E-state index in [9.17, 15) is 0 Å². The van der Waals surface area contributed by atoms with E-state index in [2.05, 4.69) is 18.4 Å². The first-order valence-corrected chi connectivity index (χ1v) is 4.29. The molecule has 0 aliphatic carbocycles. The van der Waals surface area contributed by atoms with Crippen LogP contribution in [0.15, 0.2) is 12.7 Å². The third-order valence-corrected chi connectivity index (χ3v) is 1.61. The Morgan fingerprint density at radius 1 is 1.36 bits per heavy atom. The van der Waals surface area contributed by atoms with Gasteiger partial charge in [0.25, 0.3) is 0 Å². The molecule has 1 N–H and O–H groups in total. The number of hydrogen-bond donors (Lipinski definition) is 1. The molecule has 0 saturated carbocycles. The molecule has 0 amide bonds. The van der Waals surface area contributed by atoms with Crippen molar-refractivity contribution in [2.75, 3.05) is 26.2 Å². The summed E-state index contributed by atoms with van der Waals surface area (Å²) in [5.74, 6) is 0. The third kappa shape index (κ3) is 6.07. The highest BCUT2D eigenvalue weighted by atomic mass is 16.3. The Hall–Kier alpha value is -0.340. The van der Waals surface area contributed by atoms with Gasteiger partial charge in [-0.25, -0.2) is 0 Å². The molecule has 0 rings (SSSR count). The van der Waals surface area contributed by atoms with Crippen molar-refractivity contribution in [2.24, 2.45) is 0 Å². The van der Waals surface area contributed by atoms with Gasteiger partial charge in [-0.15, -0.1) is 6.58 Å². The minimum atomic E-state index is 0.261. The molecule has 66 valence electrons. The minimum absolute atomic E-state index is 0.261. The van der Waals surface area contributed by atoms with Crippen molar-refractivity contribution in [3.63, 3.8) is 0 Å². The monoisotopic (exact) mass is 157 g/mol. The van der Waals surface area contributed by atoms with E-state index in [-0.39, 0.29) is 6.61 Å². The fourth-order valence-electron chi connectivity index (χ4n) is 1.07. The second-order valence-electron chi connectivity index (χ2n) is 2.64. The van der Waals surface area contributed by atoms with Crippen LogP contribution in [0.3, 0.4) is 0 Å². The van der Waals surface area contributed by atoms with Crippen LogP contribution in [0, 0.1) is 0 Å². The lowest BCUT2D eigenvalue weighted by atomic mass is 10.3. The molecule has 0 aromatic rings. The van der Waals surface area contributed by atoms with Gasteiger partial charge in [0.2, 0.25) is 0 Å². The summed E-state index contributed by atoms with van der Waals surface area (Å²) < 4.78 is 0. The normalized spacial score (nSPS) is 10.5. The van der Waals surface area contributed by atoms with Crippen molar-refractivity contribution >= 4 is 0 Å². The molecule has 0 bridgehead atoms. The van der Waals surface area contributed by atoms with Crippen molar-refractivity contribution in [2.45, 2.75) is 19.8 Å². The summed E-state index contributed by atoms with van der Waals surface area (Å²) in [6.45, 7) is 8.97. The maximum atomic E-state index is 8.70. The van der Waals surface area contributed by atoms with Gasteiger partial charge in [-0.2, -0.15) is 0 Å². The van der Waals surface area contributed by atoms with Gasteiger partial charge in [-0.05, 0) is 19.4 Å². The zero-order chi connectivity index (χ0) is 8.53. The van der Waals surface area contributed by atoms with Crippen LogP contribution in [-0.2, 0) is 0 Å². The fourth-order valence-corrected chi connectivity index (χ4v) is 1.07. The summed E-state index contributed by atoms with van der Waals surface area (Å²) in [6, 6.07) is 0. The van der Waals surface area contributed by atoms with E-state index < -0.39 is 0 Å². The summed E-state index contributed by atoms with van der Waals surface area (Å²) in [5, 5.41) is 8.70. The molecule has 0 fully saturated rings. The Kier molecular flexibility index (Phi) is 7.52. The molecule has 0 saturated heterocycles. The van der Waals surface area contributed by atoms with Crippen LogP contribution in [0.2, 0.25) is 0 Å². The van der Waals surface area contributed by atoms with Crippen molar-refractivity contribution in [3.05, 3.63) is 12.7 Å². The average Bonchev–Trinajstić information content (AvgIpc) is 2.01. The predicted octanol–water partition coefficient (Wildman–Crippen LogP) is 1.27. The van der Waals surface area contributed by atoms with E-state index in [1.165, 1.54) is 0 Å². The molecule has 0 aliphatic rings. The first-order chi connectivity index (χ1) is 5.35. The molecule has 0 heterocycles. The quantitative estimate of drug-likeness (QED) is 0.562. The second kappa shape index (κ2) is 7.76. The first-order valence-electron chi connectivity index (χ1n) is 4.29. The Morgan fingerprint density at radius 3 is 2.55 bits per heavy atom. The Bertz CT molecular complexity index is 87.6. The van der Waals surface area contributed by atoms with Gasteiger partial charge in [0, 0.05) is 13.1 Å². The number of aliphatic hydroxyl groups excluding tert-OH is 1. The molecule has 0 spiro atoms. The van der Waals surface area contributed by atoms with Gasteiger partial charge >= 0.3 is 0 Å². The summed E-state index contributed by atoms with van der Waals surface area (Å²) in [7, 11) is 0. The predicted molar refractivity (Wildman–Crippen MR) is 48.6 cm³/mol. The molecule has 2 nitrogen and oxygen atoms in total. The van der Waals surface area contributed by atoms with Crippen molar-refractivity contribution in [3.8, 4) is 0 Å². The number of rotatable bonds is 7. The second-order valence-corrected chi connectivity index (χ2v) is 2.64. The summed E-state index contributed by atoms with van der Waals surface area (Å²) >= 11 is 0. The largest absolute Gasteiger partial charge is 0.395 e. The van der Waals surface area contributed by atoms with Gasteiger partial charge in [-0.3, -0.25) is 0 Å². The fraction of sp³-hybridized carbons (Fsp3) is 0.778. The van der Waals surface area contributed by atoms with Crippen LogP contribution in [0.25, 0.3) is 0 Å². The highest BCUT2D eigenvalue weighted by molar-refractivity contribution is 4.69. The van der Waals surface area contributed by atoms with Crippen molar-refractivity contribution in [1.29, 1.82) is 0 Å². The van der Waals surface area contributed by atoms with E-state index >= 15 is 0 Å². The summed E-state index contributed by atoms with van der Waals surface area (Å²) in [4.78, 5) is 2.25. The van der Waals surface area contributed by atoms with Gasteiger partial charge in [0.05, 0.1) is 6.61 Å². The van der Waals surface area contributed by atoms with Gasteiger partial charge in [0.1, 0.15) is 0 Å². The summed E-state index contributed by atoms with van der Waals surface area (Å²) in [6.07, 6.45) is 4.08. The molecular formula is C9H19NO. The molecular weight excluding hydrogens is 138 g/mol. The topological polar surface area (TPSA) is 23.5 Å². The Balaban J connectivity index is 3.41. The third-order valence-electron chi connectivity index (χ3n) is 1.61. The molecule has 0 aromatic heterocycles. The maximum Gasteiger partial charge on any atom is 0.0558 e. The van der Waals surface area contributed by atoms with Crippen LogP contribution in [0.1, 0.15) is 19.8 Å². The van der Waals surface area contributed by atoms with E-state index in [1.54, 1.807) is 0 Å². The lowest BCUT2D eigenvalue weighted by Crippen LogP contribution is -2.28. The van der Waals surface area contributed by atoms with E-state index in [0.717, 1.165) is 32.5 Å². The van der Waals surface area contributed by atoms with Gasteiger partial charge in [0.15, 0.2) is 0 Å². The van der Waals surface area contributed by atoms with Gasteiger partial charge < -0.3 is 10.0 Å². The molecule has 0 atom stereocenters. The molecule has 11 heavy (non-hydrogen) atoms. The maximum absolute atomic E-state index is 8.70. The number of aliphatic hydroxyl groups is 1. The standard InChI is InChI=1S/C9H19NO/c1-3-5-7-10(6-4-2)8-9-11/h3,11H,1,4-9H2,2H3. The molecule has 0 aliphatic heterocycles. The van der Waals surface area contributed by atoms with Crippen LogP contribution < -0.4 is 0 Å². The number of hydrogen-bond acceptors (Lipinski definition) is 2. The Labute approximate surface area is 69.5 Å². The summed E-state index contributed by atoms with van der Waals surface area (Å²) in [5.41, 5.74) is 0. The average molecular weight is 157 g/mol. The van der Waals surface area contributed by atoms with Crippen LogP contribution in [-0.4, -0.2) is 36.2 Å². The van der Waals surface area contributed by atoms with E-state index in [0.29, 0.717) is 0 Å². The zero-order valence-electron chi connectivity index (χ0n) is 7.42. The molecule has 0 aromatic carbocycles. The number of nitrogens with zero attached hydrogens (tertiary/aromatic N) is 1. The van der Waals surface area contributed by atoms with Gasteiger partial charge in [-0.1, -0.05) is 13.0 Å². The van der Waals surface area contributed by atoms with Crippen LogP contribution >= 0.6 is 0 Å².